The van der Waals surface area contributed by atoms with Gasteiger partial charge in [-0.25, -0.2) is 0 Å². The van der Waals surface area contributed by atoms with Crippen molar-refractivity contribution in [1.82, 2.24) is 5.32 Å². The number of hydrogen-bond acceptors (Lipinski definition) is 5. The smallest absolute Gasteiger partial charge is 0.326 e. The zero-order valence-electron chi connectivity index (χ0n) is 18.1. The Bertz CT molecular complexity index is 1130. The van der Waals surface area contributed by atoms with Gasteiger partial charge in [-0.3, -0.25) is 14.4 Å². The van der Waals surface area contributed by atoms with E-state index in [4.69, 9.17) is 21.1 Å². The van der Waals surface area contributed by atoms with Gasteiger partial charge < -0.3 is 20.1 Å². The Morgan fingerprint density at radius 2 is 1.67 bits per heavy atom. The quantitative estimate of drug-likeness (QED) is 0.482. The van der Waals surface area contributed by atoms with Crippen LogP contribution in [-0.2, 0) is 14.3 Å². The van der Waals surface area contributed by atoms with Gasteiger partial charge in [0.1, 0.15) is 12.3 Å². The molecule has 2 amide bonds. The normalized spacial score (nSPS) is 11.2. The summed E-state index contributed by atoms with van der Waals surface area (Å²) >= 11 is 6.13. The Morgan fingerprint density at radius 3 is 2.30 bits per heavy atom. The number of aryl methyl sites for hydroxylation is 1. The molecule has 0 heterocycles. The first kappa shape index (κ1) is 23.8. The number of rotatable bonds is 8. The average molecular weight is 467 g/mol. The number of ether oxygens (including phenoxy) is 2. The molecule has 0 aliphatic rings. The molecule has 0 aliphatic heterocycles. The van der Waals surface area contributed by atoms with Crippen molar-refractivity contribution in [3.05, 3.63) is 94.5 Å². The molecule has 0 aromatic heterocycles. The van der Waals surface area contributed by atoms with Gasteiger partial charge in [-0.15, -0.1) is 0 Å². The van der Waals surface area contributed by atoms with Crippen molar-refractivity contribution >= 4 is 35.1 Å². The molecule has 3 aromatic rings. The molecule has 0 bridgehead atoms. The summed E-state index contributed by atoms with van der Waals surface area (Å²) in [6, 6.07) is 20.1. The third-order valence-electron chi connectivity index (χ3n) is 4.77. The van der Waals surface area contributed by atoms with Crippen molar-refractivity contribution in [3.63, 3.8) is 0 Å². The first-order valence-corrected chi connectivity index (χ1v) is 10.5. The van der Waals surface area contributed by atoms with Crippen molar-refractivity contribution in [1.29, 1.82) is 0 Å². The summed E-state index contributed by atoms with van der Waals surface area (Å²) in [6.07, 6.45) is -1.21. The number of amides is 2. The molecule has 7 nitrogen and oxygen atoms in total. The van der Waals surface area contributed by atoms with Crippen LogP contribution in [0.4, 0.5) is 5.69 Å². The number of carbonyl (C=O) groups excluding carboxylic acids is 3. The lowest BCUT2D eigenvalue weighted by Gasteiger charge is -2.18. The largest absolute Gasteiger partial charge is 0.497 e. The van der Waals surface area contributed by atoms with E-state index in [2.05, 4.69) is 10.6 Å². The lowest BCUT2D eigenvalue weighted by molar-refractivity contribution is -0.153. The molecular formula is C25H23ClN2O5. The van der Waals surface area contributed by atoms with E-state index in [0.29, 0.717) is 27.6 Å². The van der Waals surface area contributed by atoms with Crippen LogP contribution in [0.2, 0.25) is 5.02 Å². The molecule has 1 atom stereocenters. The second-order valence-electron chi connectivity index (χ2n) is 7.14. The second kappa shape index (κ2) is 11.2. The average Bonchev–Trinajstić information content (AvgIpc) is 2.83. The van der Waals surface area contributed by atoms with Crippen molar-refractivity contribution in [2.24, 2.45) is 0 Å². The second-order valence-corrected chi connectivity index (χ2v) is 7.55. The van der Waals surface area contributed by atoms with E-state index in [1.807, 2.05) is 6.92 Å². The summed E-state index contributed by atoms with van der Waals surface area (Å²) in [5.41, 5.74) is 2.19. The van der Waals surface area contributed by atoms with Gasteiger partial charge in [-0.05, 0) is 48.9 Å². The van der Waals surface area contributed by atoms with Crippen LogP contribution in [0.5, 0.6) is 5.75 Å². The first-order valence-electron chi connectivity index (χ1n) is 10.1. The van der Waals surface area contributed by atoms with Crippen LogP contribution < -0.4 is 15.4 Å². The molecule has 0 saturated heterocycles. The number of methoxy groups -OCH3 is 1. The van der Waals surface area contributed by atoms with E-state index in [1.165, 1.54) is 7.11 Å². The van der Waals surface area contributed by atoms with E-state index in [9.17, 15) is 14.4 Å². The van der Waals surface area contributed by atoms with Crippen LogP contribution in [0.1, 0.15) is 27.6 Å². The summed E-state index contributed by atoms with van der Waals surface area (Å²) in [6.45, 7) is 1.44. The minimum absolute atomic E-state index is 0.359. The van der Waals surface area contributed by atoms with Crippen molar-refractivity contribution in [2.75, 3.05) is 19.0 Å². The lowest BCUT2D eigenvalue weighted by atomic mass is 10.1. The van der Waals surface area contributed by atoms with Gasteiger partial charge in [0.2, 0.25) is 6.10 Å². The summed E-state index contributed by atoms with van der Waals surface area (Å²) in [5, 5.41) is 5.71. The molecule has 2 N–H and O–H groups in total. The molecular weight excluding hydrogens is 444 g/mol. The fraction of sp³-hybridized carbons (Fsp3) is 0.160. The minimum atomic E-state index is -1.21. The van der Waals surface area contributed by atoms with E-state index in [1.54, 1.807) is 72.8 Å². The zero-order chi connectivity index (χ0) is 23.8. The Morgan fingerprint density at radius 1 is 0.970 bits per heavy atom. The standard InChI is InChI=1S/C25H23ClN2O5/c1-16-8-11-19(14-21(16)26)28-25(31)23(17-6-4-3-5-7-17)33-22(29)15-27-24(30)18-9-12-20(32-2)13-10-18/h3-14,23H,15H2,1-2H3,(H,27,30)(H,28,31). The van der Waals surface area contributed by atoms with Crippen molar-refractivity contribution in [2.45, 2.75) is 13.0 Å². The van der Waals surface area contributed by atoms with Crippen molar-refractivity contribution < 1.29 is 23.9 Å². The molecule has 0 saturated carbocycles. The molecule has 0 radical (unpaired) electrons. The molecule has 0 fully saturated rings. The van der Waals surface area contributed by atoms with Gasteiger partial charge in [0.25, 0.3) is 11.8 Å². The van der Waals surface area contributed by atoms with Gasteiger partial charge >= 0.3 is 5.97 Å². The van der Waals surface area contributed by atoms with Crippen LogP contribution in [-0.4, -0.2) is 31.4 Å². The molecule has 170 valence electrons. The third kappa shape index (κ3) is 6.57. The molecule has 3 aromatic carbocycles. The number of carbonyl (C=O) groups is 3. The highest BCUT2D eigenvalue weighted by Crippen LogP contribution is 2.23. The molecule has 1 unspecified atom stereocenters. The number of hydrogen-bond donors (Lipinski definition) is 2. The van der Waals surface area contributed by atoms with Crippen molar-refractivity contribution in [3.8, 4) is 5.75 Å². The SMILES string of the molecule is COc1ccc(C(=O)NCC(=O)OC(C(=O)Nc2ccc(C)c(Cl)c2)c2ccccc2)cc1. The van der Waals surface area contributed by atoms with Gasteiger partial charge in [0, 0.05) is 21.8 Å². The highest BCUT2D eigenvalue weighted by molar-refractivity contribution is 6.31. The fourth-order valence-corrected chi connectivity index (χ4v) is 3.13. The molecule has 0 aliphatic carbocycles. The highest BCUT2D eigenvalue weighted by atomic mass is 35.5. The molecule has 0 spiro atoms. The van der Waals surface area contributed by atoms with Gasteiger partial charge in [-0.2, -0.15) is 0 Å². The maximum Gasteiger partial charge on any atom is 0.326 e. The molecule has 33 heavy (non-hydrogen) atoms. The predicted molar refractivity (Wildman–Crippen MR) is 125 cm³/mol. The maximum absolute atomic E-state index is 12.9. The summed E-state index contributed by atoms with van der Waals surface area (Å²) in [7, 11) is 1.53. The molecule has 8 heteroatoms. The Labute approximate surface area is 196 Å². The Hall–Kier alpha value is -3.84. The summed E-state index contributed by atoms with van der Waals surface area (Å²) < 4.78 is 10.5. The minimum Gasteiger partial charge on any atom is -0.497 e. The Kier molecular flexibility index (Phi) is 8.05. The number of benzene rings is 3. The number of anilines is 1. The summed E-state index contributed by atoms with van der Waals surface area (Å²) in [5.74, 6) is -1.15. The number of nitrogens with one attached hydrogen (secondary N) is 2. The van der Waals surface area contributed by atoms with Gasteiger partial charge in [0.15, 0.2) is 0 Å². The monoisotopic (exact) mass is 466 g/mol. The lowest BCUT2D eigenvalue weighted by Crippen LogP contribution is -2.33. The van der Waals surface area contributed by atoms with Gasteiger partial charge in [0.05, 0.1) is 7.11 Å². The van der Waals surface area contributed by atoms with Crippen LogP contribution >= 0.6 is 11.6 Å². The van der Waals surface area contributed by atoms with Gasteiger partial charge in [-0.1, -0.05) is 48.0 Å². The van der Waals surface area contributed by atoms with Crippen LogP contribution in [0.15, 0.2) is 72.8 Å². The van der Waals surface area contributed by atoms with Crippen LogP contribution in [0.3, 0.4) is 0 Å². The fourth-order valence-electron chi connectivity index (χ4n) is 2.95. The van der Waals surface area contributed by atoms with E-state index >= 15 is 0 Å². The first-order chi connectivity index (χ1) is 15.9. The Balaban J connectivity index is 1.66. The predicted octanol–water partition coefficient (Wildman–Crippen LogP) is 4.31. The van der Waals surface area contributed by atoms with E-state index in [0.717, 1.165) is 5.56 Å². The summed E-state index contributed by atoms with van der Waals surface area (Å²) in [4.78, 5) is 37.7. The maximum atomic E-state index is 12.9. The third-order valence-corrected chi connectivity index (χ3v) is 5.18. The van der Waals surface area contributed by atoms with E-state index in [-0.39, 0.29) is 0 Å². The number of halogens is 1. The molecule has 3 rings (SSSR count). The van der Waals surface area contributed by atoms with Crippen LogP contribution in [0.25, 0.3) is 0 Å². The number of esters is 1. The topological polar surface area (TPSA) is 93.7 Å². The highest BCUT2D eigenvalue weighted by Gasteiger charge is 2.25. The van der Waals surface area contributed by atoms with E-state index < -0.39 is 30.4 Å². The van der Waals surface area contributed by atoms with Crippen LogP contribution in [0, 0.1) is 6.92 Å². The zero-order valence-corrected chi connectivity index (χ0v) is 18.9.